The molecule has 1 N–H and O–H groups in total. The minimum absolute atomic E-state index is 0.199. The topological polar surface area (TPSA) is 67.9 Å². The van der Waals surface area contributed by atoms with Gasteiger partial charge in [-0.1, -0.05) is 20.3 Å². The van der Waals surface area contributed by atoms with Gasteiger partial charge in [0.1, 0.15) is 11.6 Å². The highest BCUT2D eigenvalue weighted by Crippen LogP contribution is 2.20. The summed E-state index contributed by atoms with van der Waals surface area (Å²) in [5.74, 6) is 0.495. The van der Waals surface area contributed by atoms with Gasteiger partial charge in [0, 0.05) is 13.1 Å². The van der Waals surface area contributed by atoms with Gasteiger partial charge in [-0.05, 0) is 52.0 Å². The van der Waals surface area contributed by atoms with Crippen LogP contribution in [-0.4, -0.2) is 55.3 Å². The van der Waals surface area contributed by atoms with E-state index in [2.05, 4.69) is 19.2 Å². The van der Waals surface area contributed by atoms with E-state index in [1.54, 1.807) is 4.90 Å². The van der Waals surface area contributed by atoms with Crippen molar-refractivity contribution in [3.05, 3.63) is 0 Å². The van der Waals surface area contributed by atoms with Crippen LogP contribution in [0.15, 0.2) is 0 Å². The lowest BCUT2D eigenvalue weighted by Crippen LogP contribution is -2.47. The van der Waals surface area contributed by atoms with Gasteiger partial charge in [0.15, 0.2) is 0 Å². The Morgan fingerprint density at radius 1 is 1.25 bits per heavy atom. The largest absolute Gasteiger partial charge is 0.468 e. The number of hydrogen-bond acceptors (Lipinski definition) is 5. The summed E-state index contributed by atoms with van der Waals surface area (Å²) in [6, 6.07) is -0.260. The molecule has 24 heavy (non-hydrogen) atoms. The van der Waals surface area contributed by atoms with Crippen LogP contribution >= 0.6 is 0 Å². The Bertz CT molecular complexity index is 412. The van der Waals surface area contributed by atoms with Crippen LogP contribution in [0.2, 0.25) is 0 Å². The highest BCUT2D eigenvalue weighted by Gasteiger charge is 2.29. The molecule has 2 unspecified atom stereocenters. The van der Waals surface area contributed by atoms with E-state index in [1.807, 2.05) is 20.8 Å². The molecule has 0 aromatic carbocycles. The molecule has 2 atom stereocenters. The summed E-state index contributed by atoms with van der Waals surface area (Å²) in [5, 5.41) is 3.36. The Hall–Kier alpha value is -1.30. The molecule has 140 valence electrons. The summed E-state index contributed by atoms with van der Waals surface area (Å²) in [5.41, 5.74) is -0.459. The molecule has 1 rings (SSSR count). The Kier molecular flexibility index (Phi) is 8.00. The van der Waals surface area contributed by atoms with Gasteiger partial charge in [0.2, 0.25) is 0 Å². The average Bonchev–Trinajstić information content (AvgIpc) is 2.53. The second-order valence-electron chi connectivity index (χ2n) is 7.71. The normalized spacial score (nSPS) is 18.8. The van der Waals surface area contributed by atoms with Crippen molar-refractivity contribution in [1.82, 2.24) is 10.2 Å². The minimum atomic E-state index is -0.459. The molecule has 0 aliphatic carbocycles. The summed E-state index contributed by atoms with van der Waals surface area (Å²) in [4.78, 5) is 25.7. The number of piperidine rings is 1. The third-order valence-corrected chi connectivity index (χ3v) is 4.56. The third kappa shape index (κ3) is 6.67. The Morgan fingerprint density at radius 2 is 1.83 bits per heavy atom. The fourth-order valence-electron chi connectivity index (χ4n) is 2.82. The van der Waals surface area contributed by atoms with Crippen LogP contribution < -0.4 is 5.32 Å². The molecule has 1 amide bonds. The number of amides is 1. The van der Waals surface area contributed by atoms with Crippen LogP contribution in [0.4, 0.5) is 4.79 Å². The van der Waals surface area contributed by atoms with E-state index >= 15 is 0 Å². The first-order chi connectivity index (χ1) is 11.2. The van der Waals surface area contributed by atoms with Gasteiger partial charge in [0.25, 0.3) is 0 Å². The molecule has 0 radical (unpaired) electrons. The van der Waals surface area contributed by atoms with Gasteiger partial charge in [-0.3, -0.25) is 4.79 Å². The smallest absolute Gasteiger partial charge is 0.410 e. The number of rotatable bonds is 6. The lowest BCUT2D eigenvalue weighted by molar-refractivity contribution is -0.144. The lowest BCUT2D eigenvalue weighted by Gasteiger charge is -2.34. The average molecular weight is 342 g/mol. The molecule has 0 aromatic rings. The molecule has 6 heteroatoms. The molecule has 0 aromatic heterocycles. The molecule has 0 spiro atoms. The molecule has 0 bridgehead atoms. The molecule has 1 heterocycles. The van der Waals surface area contributed by atoms with Crippen molar-refractivity contribution in [3.63, 3.8) is 0 Å². The predicted molar refractivity (Wildman–Crippen MR) is 93.8 cm³/mol. The van der Waals surface area contributed by atoms with E-state index in [4.69, 9.17) is 9.47 Å². The maximum atomic E-state index is 12.1. The summed E-state index contributed by atoms with van der Waals surface area (Å²) in [7, 11) is 1.43. The van der Waals surface area contributed by atoms with Crippen LogP contribution in [0.25, 0.3) is 0 Å². The van der Waals surface area contributed by atoms with Gasteiger partial charge < -0.3 is 19.7 Å². The molecular weight excluding hydrogens is 308 g/mol. The van der Waals surface area contributed by atoms with Crippen molar-refractivity contribution in [2.75, 3.05) is 26.7 Å². The Balaban J connectivity index is 2.42. The molecular formula is C18H34N2O4. The van der Waals surface area contributed by atoms with Crippen molar-refractivity contribution >= 4 is 12.1 Å². The van der Waals surface area contributed by atoms with Crippen LogP contribution in [0.5, 0.6) is 0 Å². The van der Waals surface area contributed by atoms with E-state index in [9.17, 15) is 9.59 Å². The zero-order valence-electron chi connectivity index (χ0n) is 16.1. The molecule has 1 fully saturated rings. The second kappa shape index (κ2) is 9.25. The second-order valence-corrected chi connectivity index (χ2v) is 7.71. The highest BCUT2D eigenvalue weighted by atomic mass is 16.6. The van der Waals surface area contributed by atoms with Gasteiger partial charge in [-0.2, -0.15) is 0 Å². The summed E-state index contributed by atoms with van der Waals surface area (Å²) >= 11 is 0. The molecule has 6 nitrogen and oxygen atoms in total. The fraction of sp³-hybridized carbons (Fsp3) is 0.889. The van der Waals surface area contributed by atoms with Crippen molar-refractivity contribution in [3.8, 4) is 0 Å². The number of nitrogens with one attached hydrogen (secondary N) is 1. The van der Waals surface area contributed by atoms with E-state index in [1.165, 1.54) is 7.11 Å². The van der Waals surface area contributed by atoms with Gasteiger partial charge in [-0.25, -0.2) is 4.79 Å². The molecule has 1 aliphatic rings. The lowest BCUT2D eigenvalue weighted by atomic mass is 9.94. The first kappa shape index (κ1) is 20.7. The van der Waals surface area contributed by atoms with Gasteiger partial charge in [-0.15, -0.1) is 0 Å². The van der Waals surface area contributed by atoms with Crippen molar-refractivity contribution in [2.24, 2.45) is 11.8 Å². The van der Waals surface area contributed by atoms with Crippen LogP contribution in [0.3, 0.4) is 0 Å². The number of nitrogens with zero attached hydrogens (tertiary/aromatic N) is 1. The zero-order chi connectivity index (χ0) is 18.3. The number of likely N-dealkylation sites (tertiary alicyclic amines) is 1. The SMILES string of the molecule is CCC(C)C(NCC1CCN(C(=O)OC(C)(C)C)CC1)C(=O)OC. The van der Waals surface area contributed by atoms with Gasteiger partial charge in [0.05, 0.1) is 7.11 Å². The van der Waals surface area contributed by atoms with Crippen molar-refractivity contribution in [2.45, 2.75) is 65.5 Å². The van der Waals surface area contributed by atoms with Crippen LogP contribution in [0, 0.1) is 11.8 Å². The number of hydrogen-bond donors (Lipinski definition) is 1. The summed E-state index contributed by atoms with van der Waals surface area (Å²) < 4.78 is 10.3. The molecule has 1 saturated heterocycles. The van der Waals surface area contributed by atoms with E-state index in [-0.39, 0.29) is 24.0 Å². The number of methoxy groups -OCH3 is 1. The summed E-state index contributed by atoms with van der Waals surface area (Å²) in [6.45, 7) is 11.9. The number of carbonyl (C=O) groups excluding carboxylic acids is 2. The Labute approximate surface area is 146 Å². The van der Waals surface area contributed by atoms with Crippen molar-refractivity contribution < 1.29 is 19.1 Å². The standard InChI is InChI=1S/C18H34N2O4/c1-7-13(2)15(16(21)23-6)19-12-14-8-10-20(11-9-14)17(22)24-18(3,4)5/h13-15,19H,7-12H2,1-6H3. The third-order valence-electron chi connectivity index (χ3n) is 4.56. The minimum Gasteiger partial charge on any atom is -0.468 e. The van der Waals surface area contributed by atoms with E-state index < -0.39 is 5.60 Å². The maximum absolute atomic E-state index is 12.1. The first-order valence-electron chi connectivity index (χ1n) is 8.97. The first-order valence-corrected chi connectivity index (χ1v) is 8.97. The molecule has 1 aliphatic heterocycles. The Morgan fingerprint density at radius 3 is 2.29 bits per heavy atom. The predicted octanol–water partition coefficient (Wildman–Crippen LogP) is 2.81. The zero-order valence-corrected chi connectivity index (χ0v) is 16.1. The number of esters is 1. The summed E-state index contributed by atoms with van der Waals surface area (Å²) in [6.07, 6.45) is 2.52. The fourth-order valence-corrected chi connectivity index (χ4v) is 2.82. The van der Waals surface area contributed by atoms with Crippen LogP contribution in [0.1, 0.15) is 53.9 Å². The quantitative estimate of drug-likeness (QED) is 0.752. The molecule has 0 saturated carbocycles. The van der Waals surface area contributed by atoms with Crippen molar-refractivity contribution in [1.29, 1.82) is 0 Å². The monoisotopic (exact) mass is 342 g/mol. The highest BCUT2D eigenvalue weighted by molar-refractivity contribution is 5.76. The van der Waals surface area contributed by atoms with Gasteiger partial charge >= 0.3 is 12.1 Å². The maximum Gasteiger partial charge on any atom is 0.410 e. The van der Waals surface area contributed by atoms with E-state index in [0.717, 1.165) is 25.8 Å². The number of ether oxygens (including phenoxy) is 2. The number of carbonyl (C=O) groups is 2. The van der Waals surface area contributed by atoms with E-state index in [0.29, 0.717) is 19.0 Å². The van der Waals surface area contributed by atoms with Crippen LogP contribution in [-0.2, 0) is 14.3 Å².